The molecule has 0 aliphatic carbocycles. The maximum atomic E-state index is 13.1. The summed E-state index contributed by atoms with van der Waals surface area (Å²) in [6, 6.07) is 25.9. The number of hydrogen-bond acceptors (Lipinski definition) is 6. The first-order chi connectivity index (χ1) is 14.2. The Balaban J connectivity index is 1.57. The molecule has 0 fully saturated rings. The summed E-state index contributed by atoms with van der Waals surface area (Å²) in [4.78, 5) is 13.5. The molecule has 29 heavy (non-hydrogen) atoms. The number of para-hydroxylation sites is 2. The highest BCUT2D eigenvalue weighted by atomic mass is 32.2. The standard InChI is InChI=1S/C22H18FN5S/c23-17-13-11-16(12-14-17)15-29-22-27-20(24-18-7-3-1-4-8-18)26-21(28-22)25-19-9-5-2-6-10-19/h1-14H,15H2,(H2,24,25,26,27,28). The molecule has 0 unspecified atom stereocenters. The summed E-state index contributed by atoms with van der Waals surface area (Å²) in [5, 5.41) is 6.99. The minimum absolute atomic E-state index is 0.248. The molecule has 0 saturated heterocycles. The van der Waals surface area contributed by atoms with Crippen LogP contribution >= 0.6 is 11.8 Å². The second kappa shape index (κ2) is 9.16. The third-order valence-corrected chi connectivity index (χ3v) is 4.87. The maximum absolute atomic E-state index is 13.1. The monoisotopic (exact) mass is 403 g/mol. The Kier molecular flexibility index (Phi) is 5.97. The van der Waals surface area contributed by atoms with Crippen LogP contribution in [0.3, 0.4) is 0 Å². The van der Waals surface area contributed by atoms with Crippen LogP contribution in [0.15, 0.2) is 90.1 Å². The second-order valence-corrected chi connectivity index (χ2v) is 7.10. The van der Waals surface area contributed by atoms with E-state index < -0.39 is 0 Å². The van der Waals surface area contributed by atoms with Gasteiger partial charge in [0.25, 0.3) is 0 Å². The molecule has 5 nitrogen and oxygen atoms in total. The molecule has 1 aromatic heterocycles. The van der Waals surface area contributed by atoms with E-state index in [1.165, 1.54) is 23.9 Å². The average molecular weight is 403 g/mol. The Bertz CT molecular complexity index is 1000. The van der Waals surface area contributed by atoms with Crippen molar-refractivity contribution in [1.29, 1.82) is 0 Å². The number of rotatable bonds is 7. The van der Waals surface area contributed by atoms with Gasteiger partial charge < -0.3 is 10.6 Å². The molecule has 3 aromatic carbocycles. The molecule has 7 heteroatoms. The summed E-state index contributed by atoms with van der Waals surface area (Å²) in [5.41, 5.74) is 2.77. The molecule has 2 N–H and O–H groups in total. The smallest absolute Gasteiger partial charge is 0.233 e. The van der Waals surface area contributed by atoms with Gasteiger partial charge in [0.2, 0.25) is 11.9 Å². The van der Waals surface area contributed by atoms with Crippen LogP contribution in [0.4, 0.5) is 27.7 Å². The van der Waals surface area contributed by atoms with E-state index in [4.69, 9.17) is 0 Å². The lowest BCUT2D eigenvalue weighted by Gasteiger charge is -2.10. The summed E-state index contributed by atoms with van der Waals surface area (Å²) >= 11 is 1.46. The molecule has 0 aliphatic heterocycles. The topological polar surface area (TPSA) is 62.7 Å². The Labute approximate surface area is 172 Å². The van der Waals surface area contributed by atoms with Crippen LogP contribution in [0.25, 0.3) is 0 Å². The van der Waals surface area contributed by atoms with Gasteiger partial charge in [-0.2, -0.15) is 15.0 Å². The van der Waals surface area contributed by atoms with E-state index in [0.29, 0.717) is 22.8 Å². The van der Waals surface area contributed by atoms with Crippen molar-refractivity contribution in [3.05, 3.63) is 96.3 Å². The molecule has 144 valence electrons. The summed E-state index contributed by atoms with van der Waals surface area (Å²) < 4.78 is 13.1. The first kappa shape index (κ1) is 18.9. The van der Waals surface area contributed by atoms with Gasteiger partial charge >= 0.3 is 0 Å². The quantitative estimate of drug-likeness (QED) is 0.381. The number of hydrogen-bond donors (Lipinski definition) is 2. The Morgan fingerprint density at radius 1 is 0.655 bits per heavy atom. The first-order valence-electron chi connectivity index (χ1n) is 9.02. The highest BCUT2D eigenvalue weighted by Crippen LogP contribution is 2.24. The lowest BCUT2D eigenvalue weighted by molar-refractivity contribution is 0.627. The van der Waals surface area contributed by atoms with Crippen LogP contribution in [0.1, 0.15) is 5.56 Å². The summed E-state index contributed by atoms with van der Waals surface area (Å²) in [6.07, 6.45) is 0. The zero-order valence-corrected chi connectivity index (χ0v) is 16.2. The highest BCUT2D eigenvalue weighted by Gasteiger charge is 2.09. The predicted molar refractivity (Wildman–Crippen MR) is 115 cm³/mol. The molecule has 0 bridgehead atoms. The van der Waals surface area contributed by atoms with Crippen LogP contribution in [0, 0.1) is 5.82 Å². The van der Waals surface area contributed by atoms with E-state index in [0.717, 1.165) is 16.9 Å². The van der Waals surface area contributed by atoms with E-state index in [9.17, 15) is 4.39 Å². The van der Waals surface area contributed by atoms with Gasteiger partial charge in [-0.25, -0.2) is 4.39 Å². The molecule has 4 aromatic rings. The first-order valence-corrected chi connectivity index (χ1v) is 10.0. The fraction of sp³-hybridized carbons (Fsp3) is 0.0455. The fourth-order valence-corrected chi connectivity index (χ4v) is 3.35. The Morgan fingerprint density at radius 3 is 1.69 bits per heavy atom. The van der Waals surface area contributed by atoms with Gasteiger partial charge in [-0.1, -0.05) is 60.3 Å². The zero-order chi connectivity index (χ0) is 19.9. The number of aromatic nitrogens is 3. The van der Waals surface area contributed by atoms with E-state index in [2.05, 4.69) is 25.6 Å². The van der Waals surface area contributed by atoms with Crippen molar-refractivity contribution < 1.29 is 4.39 Å². The van der Waals surface area contributed by atoms with Crippen molar-refractivity contribution >= 4 is 35.0 Å². The predicted octanol–water partition coefficient (Wildman–Crippen LogP) is 5.79. The highest BCUT2D eigenvalue weighted by molar-refractivity contribution is 7.98. The minimum atomic E-state index is -0.248. The van der Waals surface area contributed by atoms with Crippen LogP contribution in [0.5, 0.6) is 0 Å². The minimum Gasteiger partial charge on any atom is -0.324 e. The Morgan fingerprint density at radius 2 is 1.17 bits per heavy atom. The van der Waals surface area contributed by atoms with E-state index in [-0.39, 0.29) is 5.82 Å². The molecule has 0 radical (unpaired) electrons. The van der Waals surface area contributed by atoms with Crippen molar-refractivity contribution in [3.63, 3.8) is 0 Å². The van der Waals surface area contributed by atoms with Gasteiger partial charge in [0.1, 0.15) is 5.82 Å². The second-order valence-electron chi connectivity index (χ2n) is 6.16. The molecule has 0 spiro atoms. The number of nitrogens with zero attached hydrogens (tertiary/aromatic N) is 3. The lowest BCUT2D eigenvalue weighted by atomic mass is 10.2. The summed E-state index contributed by atoms with van der Waals surface area (Å²) in [6.45, 7) is 0. The van der Waals surface area contributed by atoms with Crippen LogP contribution in [-0.4, -0.2) is 15.0 Å². The van der Waals surface area contributed by atoms with E-state index in [1.54, 1.807) is 12.1 Å². The van der Waals surface area contributed by atoms with Crippen LogP contribution in [0.2, 0.25) is 0 Å². The van der Waals surface area contributed by atoms with Gasteiger partial charge in [0.05, 0.1) is 0 Å². The molecule has 0 amide bonds. The molecular formula is C22H18FN5S. The van der Waals surface area contributed by atoms with Gasteiger partial charge in [-0.3, -0.25) is 0 Å². The third-order valence-electron chi connectivity index (χ3n) is 3.96. The SMILES string of the molecule is Fc1ccc(CSc2nc(Nc3ccccc3)nc(Nc3ccccc3)n2)cc1. The van der Waals surface area contributed by atoms with E-state index in [1.807, 2.05) is 60.7 Å². The molecule has 1 heterocycles. The van der Waals surface area contributed by atoms with Gasteiger partial charge in [-0.15, -0.1) is 0 Å². The van der Waals surface area contributed by atoms with Crippen molar-refractivity contribution in [2.24, 2.45) is 0 Å². The molecule has 0 aliphatic rings. The number of nitrogens with one attached hydrogen (secondary N) is 2. The van der Waals surface area contributed by atoms with Crippen molar-refractivity contribution in [2.75, 3.05) is 10.6 Å². The largest absolute Gasteiger partial charge is 0.324 e. The van der Waals surface area contributed by atoms with Crippen LogP contribution < -0.4 is 10.6 Å². The Hall–Kier alpha value is -3.45. The molecule has 4 rings (SSSR count). The number of halogens is 1. The molecule has 0 atom stereocenters. The summed E-state index contributed by atoms with van der Waals surface area (Å²) in [7, 11) is 0. The number of benzene rings is 3. The maximum Gasteiger partial charge on any atom is 0.233 e. The number of thioether (sulfide) groups is 1. The summed E-state index contributed by atoms with van der Waals surface area (Å²) in [5.74, 6) is 1.28. The fourth-order valence-electron chi connectivity index (χ4n) is 2.56. The van der Waals surface area contributed by atoms with Gasteiger partial charge in [0.15, 0.2) is 5.16 Å². The average Bonchev–Trinajstić information content (AvgIpc) is 2.75. The van der Waals surface area contributed by atoms with Crippen molar-refractivity contribution in [2.45, 2.75) is 10.9 Å². The lowest BCUT2D eigenvalue weighted by Crippen LogP contribution is -2.05. The normalized spacial score (nSPS) is 10.5. The van der Waals surface area contributed by atoms with Crippen LogP contribution in [-0.2, 0) is 5.75 Å². The van der Waals surface area contributed by atoms with E-state index >= 15 is 0 Å². The van der Waals surface area contributed by atoms with Gasteiger partial charge in [0, 0.05) is 17.1 Å². The van der Waals surface area contributed by atoms with Crippen molar-refractivity contribution in [3.8, 4) is 0 Å². The third kappa shape index (κ3) is 5.52. The zero-order valence-electron chi connectivity index (χ0n) is 15.4. The van der Waals surface area contributed by atoms with Crippen molar-refractivity contribution in [1.82, 2.24) is 15.0 Å². The molecule has 0 saturated carbocycles. The van der Waals surface area contributed by atoms with Gasteiger partial charge in [-0.05, 0) is 42.0 Å². The number of anilines is 4. The molecular weight excluding hydrogens is 385 g/mol.